The zero-order valence-corrected chi connectivity index (χ0v) is 10.3. The lowest BCUT2D eigenvalue weighted by Gasteiger charge is -2.06. The maximum absolute atomic E-state index is 11.4. The molecule has 19 heavy (non-hydrogen) atoms. The Hall–Kier alpha value is -2.19. The number of rotatable bonds is 2. The van der Waals surface area contributed by atoms with Gasteiger partial charge in [0.1, 0.15) is 10.0 Å². The molecule has 1 aromatic heterocycles. The molecule has 0 aliphatic rings. The molecule has 10 heteroatoms. The van der Waals surface area contributed by atoms with Crippen molar-refractivity contribution in [2.75, 3.05) is 0 Å². The fraction of sp³-hybridized carbons (Fsp3) is 0. The monoisotopic (exact) mass is 303 g/mol. The smallest absolute Gasteiger partial charge is 0.307 e. The van der Waals surface area contributed by atoms with Gasteiger partial charge in [-0.1, -0.05) is 23.2 Å². The number of hydrogen-bond donors (Lipinski definition) is 2. The van der Waals surface area contributed by atoms with E-state index in [4.69, 9.17) is 23.2 Å². The van der Waals surface area contributed by atoms with Gasteiger partial charge in [0.25, 0.3) is 5.56 Å². The second-order valence-electron chi connectivity index (χ2n) is 3.44. The summed E-state index contributed by atoms with van der Waals surface area (Å²) in [5.41, 5.74) is -2.46. The number of hydrogen-bond acceptors (Lipinski definition) is 6. The van der Waals surface area contributed by atoms with Crippen molar-refractivity contribution < 1.29 is 10.0 Å². The van der Waals surface area contributed by atoms with Crippen molar-refractivity contribution in [3.05, 3.63) is 41.5 Å². The van der Waals surface area contributed by atoms with Crippen LogP contribution in [0.4, 0.5) is 11.4 Å². The van der Waals surface area contributed by atoms with Gasteiger partial charge in [0.2, 0.25) is 5.69 Å². The SMILES string of the molecule is O=Nc1c(O)c2c(Cl)c([N+](=O)[O-])c(Cl)cc2[nH]c1=O. The molecule has 0 radical (unpaired) electrons. The first-order valence-corrected chi connectivity index (χ1v) is 5.38. The summed E-state index contributed by atoms with van der Waals surface area (Å²) in [6.45, 7) is 0. The fourth-order valence-corrected chi connectivity index (χ4v) is 2.28. The van der Waals surface area contributed by atoms with Crippen LogP contribution in [-0.4, -0.2) is 15.0 Å². The minimum absolute atomic E-state index is 0.0458. The number of pyridine rings is 1. The highest BCUT2D eigenvalue weighted by Gasteiger charge is 2.25. The summed E-state index contributed by atoms with van der Waals surface area (Å²) in [6.07, 6.45) is 0. The lowest BCUT2D eigenvalue weighted by molar-refractivity contribution is -0.384. The average molecular weight is 304 g/mol. The Morgan fingerprint density at radius 2 is 2.05 bits per heavy atom. The first kappa shape index (κ1) is 13.2. The third kappa shape index (κ3) is 1.90. The molecule has 0 spiro atoms. The third-order valence-electron chi connectivity index (χ3n) is 2.39. The van der Waals surface area contributed by atoms with Crippen LogP contribution in [0.3, 0.4) is 0 Å². The lowest BCUT2D eigenvalue weighted by Crippen LogP contribution is -2.06. The summed E-state index contributed by atoms with van der Waals surface area (Å²) in [5, 5.41) is 21.8. The molecule has 2 N–H and O–H groups in total. The Bertz CT molecular complexity index is 786. The van der Waals surface area contributed by atoms with E-state index in [1.807, 2.05) is 0 Å². The van der Waals surface area contributed by atoms with Crippen LogP contribution in [0.25, 0.3) is 10.9 Å². The van der Waals surface area contributed by atoms with Crippen molar-refractivity contribution in [1.82, 2.24) is 4.98 Å². The number of halogens is 2. The van der Waals surface area contributed by atoms with Crippen LogP contribution >= 0.6 is 23.2 Å². The van der Waals surface area contributed by atoms with Gasteiger partial charge < -0.3 is 10.1 Å². The summed E-state index contributed by atoms with van der Waals surface area (Å²) in [6, 6.07) is 1.05. The van der Waals surface area contributed by atoms with E-state index in [2.05, 4.69) is 10.2 Å². The third-order valence-corrected chi connectivity index (χ3v) is 3.05. The molecule has 0 fully saturated rings. The Balaban J connectivity index is 3.08. The van der Waals surface area contributed by atoms with Crippen LogP contribution in [-0.2, 0) is 0 Å². The number of nitro benzene ring substituents is 1. The van der Waals surface area contributed by atoms with Crippen molar-refractivity contribution in [1.29, 1.82) is 0 Å². The molecular formula is C9H3Cl2N3O5. The van der Waals surface area contributed by atoms with Crippen molar-refractivity contribution in [2.24, 2.45) is 5.18 Å². The number of nitro groups is 1. The van der Waals surface area contributed by atoms with Gasteiger partial charge >= 0.3 is 5.69 Å². The molecular weight excluding hydrogens is 301 g/mol. The zero-order chi connectivity index (χ0) is 14.3. The molecule has 0 unspecified atom stereocenters. The van der Waals surface area contributed by atoms with E-state index in [1.165, 1.54) is 0 Å². The molecule has 0 atom stereocenters. The number of aromatic nitrogens is 1. The molecule has 2 aromatic rings. The Kier molecular flexibility index (Phi) is 3.13. The number of nitrogens with one attached hydrogen (secondary N) is 1. The van der Waals surface area contributed by atoms with E-state index < -0.39 is 32.6 Å². The van der Waals surface area contributed by atoms with Gasteiger partial charge in [0.05, 0.1) is 15.8 Å². The first-order chi connectivity index (χ1) is 8.88. The molecule has 0 aliphatic heterocycles. The molecule has 8 nitrogen and oxygen atoms in total. The quantitative estimate of drug-likeness (QED) is 0.501. The molecule has 2 rings (SSSR count). The summed E-state index contributed by atoms with van der Waals surface area (Å²) >= 11 is 11.4. The van der Waals surface area contributed by atoms with E-state index in [9.17, 15) is 24.9 Å². The Morgan fingerprint density at radius 1 is 1.42 bits per heavy atom. The van der Waals surface area contributed by atoms with Crippen LogP contribution in [0.15, 0.2) is 16.0 Å². The van der Waals surface area contributed by atoms with Crippen LogP contribution < -0.4 is 5.56 Å². The molecule has 0 saturated carbocycles. The summed E-state index contributed by atoms with van der Waals surface area (Å²) in [4.78, 5) is 34.0. The number of aromatic hydroxyl groups is 1. The molecule has 0 amide bonds. The predicted octanol–water partition coefficient (Wildman–Crippen LogP) is 2.85. The van der Waals surface area contributed by atoms with Gasteiger partial charge in [-0.3, -0.25) is 14.9 Å². The highest BCUT2D eigenvalue weighted by molar-refractivity contribution is 6.42. The number of nitrogens with zero attached hydrogens (tertiary/aromatic N) is 2. The van der Waals surface area contributed by atoms with E-state index in [1.54, 1.807) is 0 Å². The highest BCUT2D eigenvalue weighted by atomic mass is 35.5. The minimum atomic E-state index is -0.957. The Morgan fingerprint density at radius 3 is 2.58 bits per heavy atom. The fourth-order valence-electron chi connectivity index (χ4n) is 1.60. The van der Waals surface area contributed by atoms with E-state index >= 15 is 0 Å². The highest BCUT2D eigenvalue weighted by Crippen LogP contribution is 2.43. The normalized spacial score (nSPS) is 10.6. The first-order valence-electron chi connectivity index (χ1n) is 4.63. The maximum atomic E-state index is 11.4. The van der Waals surface area contributed by atoms with Gasteiger partial charge in [-0.05, 0) is 11.2 Å². The van der Waals surface area contributed by atoms with Gasteiger partial charge in [-0.25, -0.2) is 0 Å². The second kappa shape index (κ2) is 4.48. The molecule has 0 bridgehead atoms. The van der Waals surface area contributed by atoms with Crippen molar-refractivity contribution in [3.63, 3.8) is 0 Å². The van der Waals surface area contributed by atoms with Crippen LogP contribution in [0.1, 0.15) is 0 Å². The number of nitroso groups, excluding NO2 is 1. The minimum Gasteiger partial charge on any atom is -0.505 e. The number of fused-ring (bicyclic) bond motifs is 1. The van der Waals surface area contributed by atoms with Crippen LogP contribution in [0.5, 0.6) is 5.75 Å². The summed E-state index contributed by atoms with van der Waals surface area (Å²) in [7, 11) is 0. The second-order valence-corrected chi connectivity index (χ2v) is 4.23. The lowest BCUT2D eigenvalue weighted by atomic mass is 10.1. The average Bonchev–Trinajstić information content (AvgIpc) is 2.27. The molecule has 1 aromatic carbocycles. The zero-order valence-electron chi connectivity index (χ0n) is 8.81. The molecule has 1 heterocycles. The number of H-pyrrole nitrogens is 1. The number of aromatic amines is 1. The van der Waals surface area contributed by atoms with E-state index in [0.717, 1.165) is 6.07 Å². The largest absolute Gasteiger partial charge is 0.505 e. The summed E-state index contributed by atoms with van der Waals surface area (Å²) < 4.78 is 0. The van der Waals surface area contributed by atoms with E-state index in [0.29, 0.717) is 0 Å². The van der Waals surface area contributed by atoms with Crippen molar-refractivity contribution in [3.8, 4) is 5.75 Å². The Labute approximate surface area is 113 Å². The van der Waals surface area contributed by atoms with Crippen LogP contribution in [0.2, 0.25) is 10.0 Å². The molecule has 0 saturated heterocycles. The van der Waals surface area contributed by atoms with Gasteiger partial charge in [-0.2, -0.15) is 0 Å². The molecule has 0 aliphatic carbocycles. The maximum Gasteiger partial charge on any atom is 0.307 e. The van der Waals surface area contributed by atoms with Crippen molar-refractivity contribution >= 4 is 45.5 Å². The van der Waals surface area contributed by atoms with Crippen molar-refractivity contribution in [2.45, 2.75) is 0 Å². The van der Waals surface area contributed by atoms with Crippen LogP contribution in [0, 0.1) is 15.0 Å². The van der Waals surface area contributed by atoms with Gasteiger partial charge in [-0.15, -0.1) is 4.91 Å². The van der Waals surface area contributed by atoms with Gasteiger partial charge in [0, 0.05) is 0 Å². The summed E-state index contributed by atoms with van der Waals surface area (Å²) in [5.74, 6) is -0.835. The number of benzene rings is 1. The van der Waals surface area contributed by atoms with Gasteiger partial charge in [0.15, 0.2) is 5.75 Å². The molecule has 98 valence electrons. The predicted molar refractivity (Wildman–Crippen MR) is 68.4 cm³/mol. The van der Waals surface area contributed by atoms with E-state index in [-0.39, 0.29) is 15.9 Å². The topological polar surface area (TPSA) is 126 Å². The standard InChI is InChI=1S/C9H3Cl2N3O5/c10-2-1-3-4(5(11)7(2)14(18)19)8(15)6(13-17)9(16)12-3/h1H,(H2,12,15,16).